The summed E-state index contributed by atoms with van der Waals surface area (Å²) >= 11 is 0. The summed E-state index contributed by atoms with van der Waals surface area (Å²) in [7, 11) is 0. The minimum absolute atomic E-state index is 0.0479. The molecule has 2 heterocycles. The number of carboxylic acid groups (broad SMARTS) is 1. The minimum atomic E-state index is -1.44. The number of aromatic nitrogens is 2. The van der Waals surface area contributed by atoms with Gasteiger partial charge in [-0.25, -0.2) is 19.2 Å². The lowest BCUT2D eigenvalue weighted by atomic mass is 9.97. The van der Waals surface area contributed by atoms with Gasteiger partial charge in [-0.2, -0.15) is 0 Å². The number of aliphatic hydroxyl groups excluding tert-OH is 1. The highest BCUT2D eigenvalue weighted by molar-refractivity contribution is 5.95. The van der Waals surface area contributed by atoms with E-state index in [0.29, 0.717) is 11.1 Å². The van der Waals surface area contributed by atoms with Gasteiger partial charge in [-0.15, -0.1) is 0 Å². The van der Waals surface area contributed by atoms with Crippen LogP contribution in [0, 0.1) is 5.82 Å². The maximum atomic E-state index is 14.7. The first-order chi connectivity index (χ1) is 13.6. The van der Waals surface area contributed by atoms with Gasteiger partial charge in [0.25, 0.3) is 0 Å². The number of hydrogen-bond acceptors (Lipinski definition) is 4. The highest BCUT2D eigenvalue weighted by Crippen LogP contribution is 2.34. The van der Waals surface area contributed by atoms with Crippen molar-refractivity contribution in [3.05, 3.63) is 83.9 Å². The Hall–Kier alpha value is -3.64. The number of carbonyl (C=O) groups is 1. The monoisotopic (exact) mass is 374 g/mol. The van der Waals surface area contributed by atoms with Crippen LogP contribution in [-0.2, 0) is 6.61 Å². The second-order valence-corrected chi connectivity index (χ2v) is 6.27. The first-order valence-electron chi connectivity index (χ1n) is 8.56. The fraction of sp³-hybridized carbons (Fsp3) is 0.0455. The van der Waals surface area contributed by atoms with Gasteiger partial charge in [0.1, 0.15) is 5.52 Å². The normalized spacial score (nSPS) is 10.9. The molecule has 4 aromatic rings. The first-order valence-corrected chi connectivity index (χ1v) is 8.56. The number of rotatable bonds is 4. The summed E-state index contributed by atoms with van der Waals surface area (Å²) in [5.74, 6) is -2.40. The number of hydrogen-bond donors (Lipinski definition) is 2. The quantitative estimate of drug-likeness (QED) is 0.557. The maximum Gasteiger partial charge on any atom is 0.357 e. The summed E-state index contributed by atoms with van der Waals surface area (Å²) in [5, 5.41) is 18.8. The molecule has 5 nitrogen and oxygen atoms in total. The van der Waals surface area contributed by atoms with Gasteiger partial charge in [-0.3, -0.25) is 0 Å². The van der Waals surface area contributed by atoms with Crippen molar-refractivity contribution in [2.75, 3.05) is 0 Å². The summed E-state index contributed by atoms with van der Waals surface area (Å²) in [6.07, 6.45) is 1.32. The summed E-state index contributed by atoms with van der Waals surface area (Å²) in [6, 6.07) is 18.4. The molecule has 0 atom stereocenters. The Labute approximate surface area is 159 Å². The van der Waals surface area contributed by atoms with Crippen LogP contribution in [0.3, 0.4) is 0 Å². The number of carboxylic acids is 1. The molecule has 0 spiro atoms. The predicted molar refractivity (Wildman–Crippen MR) is 103 cm³/mol. The lowest BCUT2D eigenvalue weighted by Gasteiger charge is -2.13. The van der Waals surface area contributed by atoms with Crippen molar-refractivity contribution in [2.45, 2.75) is 6.61 Å². The van der Waals surface area contributed by atoms with Crippen molar-refractivity contribution in [1.29, 1.82) is 0 Å². The molecule has 0 aliphatic heterocycles. The third kappa shape index (κ3) is 3.10. The number of aliphatic hydroxyl groups is 1. The fourth-order valence-corrected chi connectivity index (χ4v) is 3.08. The van der Waals surface area contributed by atoms with E-state index in [9.17, 15) is 14.3 Å². The van der Waals surface area contributed by atoms with E-state index < -0.39 is 17.5 Å². The van der Waals surface area contributed by atoms with Gasteiger partial charge >= 0.3 is 5.97 Å². The molecule has 28 heavy (non-hydrogen) atoms. The topological polar surface area (TPSA) is 83.3 Å². The van der Waals surface area contributed by atoms with E-state index in [1.165, 1.54) is 6.20 Å². The summed E-state index contributed by atoms with van der Waals surface area (Å²) in [4.78, 5) is 19.4. The molecule has 0 saturated heterocycles. The number of fused-ring (bicyclic) bond motifs is 1. The number of aromatic carboxylic acids is 1. The van der Waals surface area contributed by atoms with Crippen molar-refractivity contribution >= 4 is 16.9 Å². The average Bonchev–Trinajstić information content (AvgIpc) is 2.74. The van der Waals surface area contributed by atoms with Crippen LogP contribution in [0.2, 0.25) is 0 Å². The Balaban J connectivity index is 2.02. The molecule has 6 heteroatoms. The van der Waals surface area contributed by atoms with Crippen LogP contribution in [0.4, 0.5) is 4.39 Å². The van der Waals surface area contributed by atoms with Gasteiger partial charge in [0, 0.05) is 22.7 Å². The third-order valence-electron chi connectivity index (χ3n) is 4.50. The molecule has 0 aliphatic rings. The van der Waals surface area contributed by atoms with E-state index in [2.05, 4.69) is 9.97 Å². The zero-order valence-electron chi connectivity index (χ0n) is 14.6. The van der Waals surface area contributed by atoms with Gasteiger partial charge < -0.3 is 10.2 Å². The second kappa shape index (κ2) is 7.17. The predicted octanol–water partition coefficient (Wildman–Crippen LogP) is 4.29. The zero-order valence-corrected chi connectivity index (χ0v) is 14.6. The van der Waals surface area contributed by atoms with E-state index >= 15 is 0 Å². The maximum absolute atomic E-state index is 14.7. The Morgan fingerprint density at radius 2 is 1.71 bits per heavy atom. The standard InChI is InChI=1S/C22H15FN2O3/c23-18-20-16(11-24-21(18)22(27)28)10-17(14-4-2-1-3-5-14)19(25-20)15-8-6-13(12-26)7-9-15/h1-11,26H,12H2,(H,27,28). The van der Waals surface area contributed by atoms with Crippen LogP contribution < -0.4 is 0 Å². The van der Waals surface area contributed by atoms with E-state index in [1.807, 2.05) is 30.3 Å². The molecule has 2 aromatic heterocycles. The number of benzene rings is 2. The Morgan fingerprint density at radius 1 is 1.00 bits per heavy atom. The Bertz CT molecular complexity index is 1180. The molecular weight excluding hydrogens is 359 g/mol. The number of halogens is 1. The molecule has 0 aliphatic carbocycles. The van der Waals surface area contributed by atoms with E-state index in [0.717, 1.165) is 22.3 Å². The molecule has 0 unspecified atom stereocenters. The van der Waals surface area contributed by atoms with Crippen LogP contribution in [0.5, 0.6) is 0 Å². The van der Waals surface area contributed by atoms with Crippen molar-refractivity contribution in [2.24, 2.45) is 0 Å². The van der Waals surface area contributed by atoms with Gasteiger partial charge in [-0.05, 0) is 17.2 Å². The SMILES string of the molecule is O=C(O)c1ncc2cc(-c3ccccc3)c(-c3ccc(CO)cc3)nc2c1F. The molecule has 0 radical (unpaired) electrons. The molecule has 4 rings (SSSR count). The summed E-state index contributed by atoms with van der Waals surface area (Å²) in [5.41, 5.74) is 2.95. The van der Waals surface area contributed by atoms with Gasteiger partial charge in [0.05, 0.1) is 12.3 Å². The smallest absolute Gasteiger partial charge is 0.357 e. The van der Waals surface area contributed by atoms with Crippen LogP contribution in [0.1, 0.15) is 16.1 Å². The van der Waals surface area contributed by atoms with Crippen LogP contribution in [0.25, 0.3) is 33.3 Å². The molecule has 2 N–H and O–H groups in total. The van der Waals surface area contributed by atoms with Crippen LogP contribution in [-0.4, -0.2) is 26.2 Å². The Kier molecular flexibility index (Phi) is 4.55. The highest BCUT2D eigenvalue weighted by atomic mass is 19.1. The lowest BCUT2D eigenvalue weighted by Crippen LogP contribution is -2.06. The largest absolute Gasteiger partial charge is 0.476 e. The van der Waals surface area contributed by atoms with Crippen molar-refractivity contribution in [3.63, 3.8) is 0 Å². The number of pyridine rings is 2. The average molecular weight is 374 g/mol. The molecule has 0 amide bonds. The van der Waals surface area contributed by atoms with Crippen molar-refractivity contribution in [3.8, 4) is 22.4 Å². The van der Waals surface area contributed by atoms with E-state index in [-0.39, 0.29) is 12.1 Å². The van der Waals surface area contributed by atoms with Gasteiger partial charge in [0.2, 0.25) is 0 Å². The fourth-order valence-electron chi connectivity index (χ4n) is 3.08. The van der Waals surface area contributed by atoms with Crippen molar-refractivity contribution in [1.82, 2.24) is 9.97 Å². The molecule has 138 valence electrons. The van der Waals surface area contributed by atoms with E-state index in [4.69, 9.17) is 5.11 Å². The molecule has 0 saturated carbocycles. The van der Waals surface area contributed by atoms with Crippen LogP contribution >= 0.6 is 0 Å². The van der Waals surface area contributed by atoms with E-state index in [1.54, 1.807) is 30.3 Å². The third-order valence-corrected chi connectivity index (χ3v) is 4.50. The zero-order chi connectivity index (χ0) is 19.7. The van der Waals surface area contributed by atoms with Crippen molar-refractivity contribution < 1.29 is 19.4 Å². The molecule has 0 fully saturated rings. The Morgan fingerprint density at radius 3 is 2.36 bits per heavy atom. The summed E-state index contributed by atoms with van der Waals surface area (Å²) < 4.78 is 14.7. The second-order valence-electron chi connectivity index (χ2n) is 6.27. The summed E-state index contributed by atoms with van der Waals surface area (Å²) in [6.45, 7) is -0.0841. The van der Waals surface area contributed by atoms with Crippen LogP contribution in [0.15, 0.2) is 66.9 Å². The number of nitrogens with zero attached hydrogens (tertiary/aromatic N) is 2. The van der Waals surface area contributed by atoms with Gasteiger partial charge in [0.15, 0.2) is 11.5 Å². The van der Waals surface area contributed by atoms with Gasteiger partial charge in [-0.1, -0.05) is 54.6 Å². The molecule has 0 bridgehead atoms. The lowest BCUT2D eigenvalue weighted by molar-refractivity contribution is 0.0685. The highest BCUT2D eigenvalue weighted by Gasteiger charge is 2.19. The molecule has 2 aromatic carbocycles. The molecular formula is C22H15FN2O3. The first kappa shape index (κ1) is 17.8. The minimum Gasteiger partial charge on any atom is -0.476 e.